The second kappa shape index (κ2) is 4.63. The summed E-state index contributed by atoms with van der Waals surface area (Å²) in [4.78, 5) is 0. The molecule has 16 heavy (non-hydrogen) atoms. The fourth-order valence-electron chi connectivity index (χ4n) is 1.28. The van der Waals surface area contributed by atoms with E-state index in [0.29, 0.717) is 5.75 Å². The Morgan fingerprint density at radius 2 is 2.38 bits per heavy atom. The third-order valence-electron chi connectivity index (χ3n) is 1.91. The Labute approximate surface area is 101 Å². The van der Waals surface area contributed by atoms with Crippen molar-refractivity contribution in [1.82, 2.24) is 20.0 Å². The van der Waals surface area contributed by atoms with Crippen LogP contribution >= 0.6 is 23.1 Å². The highest BCUT2D eigenvalue weighted by Crippen LogP contribution is 2.30. The van der Waals surface area contributed by atoms with Crippen molar-refractivity contribution in [3.8, 4) is 16.6 Å². The molecule has 82 valence electrons. The zero-order valence-corrected chi connectivity index (χ0v) is 10.5. The van der Waals surface area contributed by atoms with Crippen molar-refractivity contribution in [2.45, 2.75) is 11.3 Å². The first-order valence-corrected chi connectivity index (χ1v) is 6.35. The van der Waals surface area contributed by atoms with E-state index in [1.54, 1.807) is 4.68 Å². The molecule has 0 aromatic carbocycles. The molecule has 0 saturated carbocycles. The number of aromatic nitrogens is 4. The van der Waals surface area contributed by atoms with Gasteiger partial charge in [0.15, 0.2) is 9.35 Å². The second-order valence-electron chi connectivity index (χ2n) is 3.12. The maximum atomic E-state index is 8.47. The van der Waals surface area contributed by atoms with Crippen LogP contribution in [0.15, 0.2) is 10.5 Å². The van der Waals surface area contributed by atoms with Gasteiger partial charge in [-0.15, -0.1) is 10.2 Å². The van der Waals surface area contributed by atoms with Gasteiger partial charge in [-0.1, -0.05) is 23.1 Å². The van der Waals surface area contributed by atoms with E-state index < -0.39 is 0 Å². The molecule has 0 fully saturated rings. The van der Waals surface area contributed by atoms with Gasteiger partial charge < -0.3 is 0 Å². The van der Waals surface area contributed by atoms with Crippen LogP contribution in [0, 0.1) is 18.3 Å². The fraction of sp³-hybridized carbons (Fsp3) is 0.333. The van der Waals surface area contributed by atoms with Gasteiger partial charge in [0.05, 0.1) is 23.1 Å². The summed E-state index contributed by atoms with van der Waals surface area (Å²) >= 11 is 2.89. The standard InChI is InChI=1S/C9H9N5S2/c1-6-7(5-14(2)13-6)8-11-12-9(16-8)15-4-3-10/h5H,4H2,1-2H3. The van der Waals surface area contributed by atoms with Gasteiger partial charge in [-0.05, 0) is 6.92 Å². The molecule has 0 aliphatic carbocycles. The molecule has 2 heterocycles. The van der Waals surface area contributed by atoms with Crippen molar-refractivity contribution < 1.29 is 0 Å². The predicted octanol–water partition coefficient (Wildman–Crippen LogP) is 1.86. The minimum atomic E-state index is 0.403. The van der Waals surface area contributed by atoms with Crippen molar-refractivity contribution in [3.63, 3.8) is 0 Å². The summed E-state index contributed by atoms with van der Waals surface area (Å²) in [6.45, 7) is 1.94. The highest BCUT2D eigenvalue weighted by atomic mass is 32.2. The van der Waals surface area contributed by atoms with E-state index in [9.17, 15) is 0 Å². The number of thioether (sulfide) groups is 1. The van der Waals surface area contributed by atoms with Crippen molar-refractivity contribution in [1.29, 1.82) is 5.26 Å². The SMILES string of the molecule is Cc1nn(C)cc1-c1nnc(SCC#N)s1. The maximum absolute atomic E-state index is 8.47. The summed E-state index contributed by atoms with van der Waals surface area (Å²) in [5.41, 5.74) is 1.94. The van der Waals surface area contributed by atoms with E-state index in [2.05, 4.69) is 21.4 Å². The highest BCUT2D eigenvalue weighted by molar-refractivity contribution is 8.01. The number of aryl methyl sites for hydroxylation is 2. The summed E-state index contributed by atoms with van der Waals surface area (Å²) in [5.74, 6) is 0.403. The Morgan fingerprint density at radius 1 is 1.56 bits per heavy atom. The van der Waals surface area contributed by atoms with E-state index in [-0.39, 0.29) is 0 Å². The third-order valence-corrected chi connectivity index (χ3v) is 3.87. The number of nitriles is 1. The van der Waals surface area contributed by atoms with Crippen LogP contribution in [0.3, 0.4) is 0 Å². The van der Waals surface area contributed by atoms with Gasteiger partial charge in [0.2, 0.25) is 0 Å². The van der Waals surface area contributed by atoms with Gasteiger partial charge in [-0.2, -0.15) is 10.4 Å². The molecule has 0 spiro atoms. The van der Waals surface area contributed by atoms with Crippen molar-refractivity contribution in [2.75, 3.05) is 5.75 Å². The van der Waals surface area contributed by atoms with Gasteiger partial charge in [-0.3, -0.25) is 4.68 Å². The molecule has 0 saturated heterocycles. The van der Waals surface area contributed by atoms with Crippen molar-refractivity contribution in [2.24, 2.45) is 7.05 Å². The van der Waals surface area contributed by atoms with Crippen LogP contribution in [0.1, 0.15) is 5.69 Å². The van der Waals surface area contributed by atoms with Crippen LogP contribution in [0.5, 0.6) is 0 Å². The Balaban J connectivity index is 2.25. The molecule has 2 aromatic rings. The zero-order valence-electron chi connectivity index (χ0n) is 8.84. The van der Waals surface area contributed by atoms with Gasteiger partial charge in [-0.25, -0.2) is 0 Å². The van der Waals surface area contributed by atoms with Crippen LogP contribution in [-0.2, 0) is 7.05 Å². The van der Waals surface area contributed by atoms with Gasteiger partial charge in [0.25, 0.3) is 0 Å². The van der Waals surface area contributed by atoms with E-state index in [4.69, 9.17) is 5.26 Å². The Hall–Kier alpha value is -1.39. The lowest BCUT2D eigenvalue weighted by Crippen LogP contribution is -1.86. The summed E-state index contributed by atoms with van der Waals surface area (Å²) in [5, 5.41) is 21.7. The minimum Gasteiger partial charge on any atom is -0.275 e. The summed E-state index contributed by atoms with van der Waals surface area (Å²) in [6.07, 6.45) is 1.93. The Kier molecular flexibility index (Phi) is 3.22. The van der Waals surface area contributed by atoms with Gasteiger partial charge in [0.1, 0.15) is 0 Å². The smallest absolute Gasteiger partial charge is 0.175 e. The van der Waals surface area contributed by atoms with E-state index in [0.717, 1.165) is 20.6 Å². The molecule has 0 radical (unpaired) electrons. The number of rotatable bonds is 3. The zero-order chi connectivity index (χ0) is 11.5. The quantitative estimate of drug-likeness (QED) is 0.779. The first-order chi connectivity index (χ1) is 7.70. The average Bonchev–Trinajstić information content (AvgIpc) is 2.82. The maximum Gasteiger partial charge on any atom is 0.175 e. The average molecular weight is 251 g/mol. The summed E-state index contributed by atoms with van der Waals surface area (Å²) < 4.78 is 2.58. The van der Waals surface area contributed by atoms with Crippen LogP contribution in [0.4, 0.5) is 0 Å². The molecule has 0 amide bonds. The normalized spacial score (nSPS) is 10.3. The number of hydrogen-bond donors (Lipinski definition) is 0. The molecule has 0 bridgehead atoms. The van der Waals surface area contributed by atoms with E-state index >= 15 is 0 Å². The van der Waals surface area contributed by atoms with Crippen LogP contribution in [0.25, 0.3) is 10.6 Å². The van der Waals surface area contributed by atoms with Crippen molar-refractivity contribution in [3.05, 3.63) is 11.9 Å². The highest BCUT2D eigenvalue weighted by Gasteiger charge is 2.11. The molecule has 2 aromatic heterocycles. The molecular weight excluding hydrogens is 242 g/mol. The first-order valence-electron chi connectivity index (χ1n) is 4.54. The van der Waals surface area contributed by atoms with E-state index in [1.807, 2.05) is 20.2 Å². The molecule has 0 aliphatic rings. The third kappa shape index (κ3) is 2.23. The topological polar surface area (TPSA) is 67.4 Å². The second-order valence-corrected chi connectivity index (χ2v) is 5.32. The van der Waals surface area contributed by atoms with Gasteiger partial charge >= 0.3 is 0 Å². The number of hydrogen-bond acceptors (Lipinski definition) is 6. The first kappa shape index (κ1) is 11.1. The molecule has 0 atom stereocenters. The van der Waals surface area contributed by atoms with Crippen LogP contribution in [-0.4, -0.2) is 25.7 Å². The largest absolute Gasteiger partial charge is 0.275 e. The summed E-state index contributed by atoms with van der Waals surface area (Å²) in [7, 11) is 1.88. The van der Waals surface area contributed by atoms with Crippen LogP contribution < -0.4 is 0 Å². The minimum absolute atomic E-state index is 0.403. The molecule has 0 unspecified atom stereocenters. The molecular formula is C9H9N5S2. The molecule has 5 nitrogen and oxygen atoms in total. The summed E-state index contributed by atoms with van der Waals surface area (Å²) in [6, 6.07) is 2.07. The Morgan fingerprint density at radius 3 is 3.00 bits per heavy atom. The number of nitrogens with zero attached hydrogens (tertiary/aromatic N) is 5. The fourth-order valence-corrected chi connectivity index (χ4v) is 2.86. The van der Waals surface area contributed by atoms with Crippen LogP contribution in [0.2, 0.25) is 0 Å². The lowest BCUT2D eigenvalue weighted by molar-refractivity contribution is 0.756. The Bertz CT molecular complexity index is 536. The monoisotopic (exact) mass is 251 g/mol. The lowest BCUT2D eigenvalue weighted by atomic mass is 10.3. The lowest BCUT2D eigenvalue weighted by Gasteiger charge is -1.88. The molecule has 0 aliphatic heterocycles. The van der Waals surface area contributed by atoms with E-state index in [1.165, 1.54) is 23.1 Å². The molecule has 2 rings (SSSR count). The van der Waals surface area contributed by atoms with Crippen molar-refractivity contribution >= 4 is 23.1 Å². The predicted molar refractivity (Wildman–Crippen MR) is 63.2 cm³/mol. The molecule has 0 N–H and O–H groups in total. The molecule has 7 heteroatoms. The van der Waals surface area contributed by atoms with Gasteiger partial charge in [0, 0.05) is 13.2 Å².